The van der Waals surface area contributed by atoms with E-state index < -0.39 is 0 Å². The third kappa shape index (κ3) is 3.63. The third-order valence-corrected chi connectivity index (χ3v) is 7.31. The summed E-state index contributed by atoms with van der Waals surface area (Å²) < 4.78 is 10.7. The minimum Gasteiger partial charge on any atom is -0.454 e. The van der Waals surface area contributed by atoms with Crippen molar-refractivity contribution < 1.29 is 24.2 Å². The zero-order valence-electron chi connectivity index (χ0n) is 19.4. The third-order valence-electron chi connectivity index (χ3n) is 7.31. The molecule has 178 valence electrons. The molecule has 7 nitrogen and oxygen atoms in total. The Kier molecular flexibility index (Phi) is 5.22. The lowest BCUT2D eigenvalue weighted by Crippen LogP contribution is -2.73. The van der Waals surface area contributed by atoms with Gasteiger partial charge in [0, 0.05) is 18.0 Å². The summed E-state index contributed by atoms with van der Waals surface area (Å²) in [6.07, 6.45) is 0. The van der Waals surface area contributed by atoms with Gasteiger partial charge >= 0.3 is 0 Å². The van der Waals surface area contributed by atoms with Gasteiger partial charge in [-0.1, -0.05) is 54.1 Å². The number of aliphatic hydroxyl groups is 1. The molecule has 2 fully saturated rings. The van der Waals surface area contributed by atoms with E-state index in [1.165, 1.54) is 5.56 Å². The molecule has 0 radical (unpaired) electrons. The predicted octanol–water partition coefficient (Wildman–Crippen LogP) is 3.20. The molecule has 3 aliphatic rings. The highest BCUT2D eigenvalue weighted by atomic mass is 16.7. The molecule has 1 N–H and O–H groups in total. The Morgan fingerprint density at radius 1 is 1.00 bits per heavy atom. The molecule has 0 aromatic heterocycles. The van der Waals surface area contributed by atoms with Crippen molar-refractivity contribution in [1.29, 1.82) is 0 Å². The maximum absolute atomic E-state index is 13.3. The van der Waals surface area contributed by atoms with Crippen LogP contribution in [0.4, 0.5) is 0 Å². The molecule has 0 spiro atoms. The molecule has 0 bridgehead atoms. The van der Waals surface area contributed by atoms with Crippen molar-refractivity contribution in [2.45, 2.75) is 24.9 Å². The first-order valence-electron chi connectivity index (χ1n) is 11.8. The highest BCUT2D eigenvalue weighted by molar-refractivity contribution is 5.98. The molecular weight excluding hydrogens is 444 g/mol. The van der Waals surface area contributed by atoms with Crippen LogP contribution < -0.4 is 9.47 Å². The summed E-state index contributed by atoms with van der Waals surface area (Å²) in [4.78, 5) is 29.6. The van der Waals surface area contributed by atoms with Crippen LogP contribution in [0.2, 0.25) is 0 Å². The van der Waals surface area contributed by atoms with E-state index in [1.54, 1.807) is 28.0 Å². The van der Waals surface area contributed by atoms with Crippen molar-refractivity contribution in [1.82, 2.24) is 9.80 Å². The summed E-state index contributed by atoms with van der Waals surface area (Å²) in [7, 11) is 0. The standard InChI is InChI=1S/C28H26N2O5/c1-17-3-2-4-20(11-17)18-5-7-19(8-6-18)27-22-13-29(14-26(32)30(22)23(27)15-31)28(33)21-9-10-24-25(12-21)35-16-34-24/h2-12,22-23,27,31H,13-16H2,1H3/t22-,23+,27+/m0/s1. The van der Waals surface area contributed by atoms with Crippen molar-refractivity contribution >= 4 is 11.8 Å². The van der Waals surface area contributed by atoms with Crippen LogP contribution in [0.3, 0.4) is 0 Å². The zero-order valence-corrected chi connectivity index (χ0v) is 19.4. The van der Waals surface area contributed by atoms with E-state index in [-0.39, 0.29) is 49.8 Å². The molecule has 2 saturated heterocycles. The second kappa shape index (κ2) is 8.43. The Bertz CT molecular complexity index is 1300. The van der Waals surface area contributed by atoms with Gasteiger partial charge < -0.3 is 24.4 Å². The van der Waals surface area contributed by atoms with Crippen LogP contribution in [0.5, 0.6) is 11.5 Å². The highest BCUT2D eigenvalue weighted by Gasteiger charge is 2.54. The van der Waals surface area contributed by atoms with Gasteiger partial charge in [0.1, 0.15) is 6.54 Å². The molecule has 7 heteroatoms. The summed E-state index contributed by atoms with van der Waals surface area (Å²) in [6, 6.07) is 21.3. The monoisotopic (exact) mass is 470 g/mol. The number of nitrogens with zero attached hydrogens (tertiary/aromatic N) is 2. The van der Waals surface area contributed by atoms with Gasteiger partial charge in [-0.15, -0.1) is 0 Å². The molecule has 3 aromatic rings. The molecule has 3 aromatic carbocycles. The number of rotatable bonds is 4. The van der Waals surface area contributed by atoms with E-state index in [1.807, 2.05) is 6.07 Å². The predicted molar refractivity (Wildman–Crippen MR) is 129 cm³/mol. The SMILES string of the molecule is Cc1cccc(-c2ccc([C@H]3[C@@H](CO)N4C(=O)CN(C(=O)c5ccc6c(c5)OCO6)C[C@@H]34)cc2)c1. The van der Waals surface area contributed by atoms with Gasteiger partial charge in [0.05, 0.1) is 18.7 Å². The van der Waals surface area contributed by atoms with Gasteiger partial charge in [0.25, 0.3) is 5.91 Å². The number of carbonyl (C=O) groups excluding carboxylic acids is 2. The van der Waals surface area contributed by atoms with Crippen LogP contribution in [0.1, 0.15) is 27.4 Å². The summed E-state index contributed by atoms with van der Waals surface area (Å²) in [5.74, 6) is 0.764. The topological polar surface area (TPSA) is 79.3 Å². The van der Waals surface area contributed by atoms with Crippen molar-refractivity contribution in [3.05, 3.63) is 83.4 Å². The second-order valence-corrected chi connectivity index (χ2v) is 9.39. The van der Waals surface area contributed by atoms with Crippen LogP contribution in [0.25, 0.3) is 11.1 Å². The Balaban J connectivity index is 1.24. The number of piperazine rings is 1. The van der Waals surface area contributed by atoms with Crippen LogP contribution in [-0.2, 0) is 4.79 Å². The number of benzene rings is 3. The van der Waals surface area contributed by atoms with Gasteiger partial charge in [-0.3, -0.25) is 9.59 Å². The fraction of sp³-hybridized carbons (Fsp3) is 0.286. The first-order valence-corrected chi connectivity index (χ1v) is 11.8. The highest BCUT2D eigenvalue weighted by Crippen LogP contribution is 2.43. The van der Waals surface area contributed by atoms with Crippen molar-refractivity contribution in [2.24, 2.45) is 0 Å². The Morgan fingerprint density at radius 2 is 1.80 bits per heavy atom. The molecule has 3 aliphatic heterocycles. The van der Waals surface area contributed by atoms with E-state index >= 15 is 0 Å². The van der Waals surface area contributed by atoms with E-state index in [4.69, 9.17) is 9.47 Å². The molecule has 0 saturated carbocycles. The summed E-state index contributed by atoms with van der Waals surface area (Å²) in [6.45, 7) is 2.52. The summed E-state index contributed by atoms with van der Waals surface area (Å²) >= 11 is 0. The van der Waals surface area contributed by atoms with Crippen molar-refractivity contribution in [3.8, 4) is 22.6 Å². The molecule has 0 unspecified atom stereocenters. The Labute approximate surface area is 203 Å². The number of ether oxygens (including phenoxy) is 2. The number of hydrogen-bond donors (Lipinski definition) is 1. The van der Waals surface area contributed by atoms with Crippen LogP contribution in [-0.4, -0.2) is 65.3 Å². The Hall–Kier alpha value is -3.84. The van der Waals surface area contributed by atoms with E-state index in [2.05, 4.69) is 49.4 Å². The number of fused-ring (bicyclic) bond motifs is 2. The van der Waals surface area contributed by atoms with Crippen LogP contribution in [0, 0.1) is 6.92 Å². The molecule has 3 heterocycles. The zero-order chi connectivity index (χ0) is 24.1. The molecule has 6 rings (SSSR count). The molecule has 2 amide bonds. The minimum absolute atomic E-state index is 0.000703. The molecule has 0 aliphatic carbocycles. The lowest BCUT2D eigenvalue weighted by molar-refractivity contribution is -0.159. The smallest absolute Gasteiger partial charge is 0.254 e. The largest absolute Gasteiger partial charge is 0.454 e. The van der Waals surface area contributed by atoms with Gasteiger partial charge in [0.15, 0.2) is 11.5 Å². The van der Waals surface area contributed by atoms with Gasteiger partial charge in [-0.05, 0) is 41.8 Å². The fourth-order valence-electron chi connectivity index (χ4n) is 5.59. The molecule has 35 heavy (non-hydrogen) atoms. The van der Waals surface area contributed by atoms with Gasteiger partial charge in [-0.25, -0.2) is 0 Å². The van der Waals surface area contributed by atoms with Crippen LogP contribution in [0.15, 0.2) is 66.7 Å². The van der Waals surface area contributed by atoms with Gasteiger partial charge in [-0.2, -0.15) is 0 Å². The number of aliphatic hydroxyl groups excluding tert-OH is 1. The Morgan fingerprint density at radius 3 is 2.57 bits per heavy atom. The number of aryl methyl sites for hydroxylation is 1. The van der Waals surface area contributed by atoms with E-state index in [0.717, 1.165) is 16.7 Å². The first-order chi connectivity index (χ1) is 17.0. The van der Waals surface area contributed by atoms with E-state index in [0.29, 0.717) is 23.6 Å². The second-order valence-electron chi connectivity index (χ2n) is 9.39. The average molecular weight is 471 g/mol. The molecular formula is C28H26N2O5. The normalized spacial score (nSPS) is 22.6. The van der Waals surface area contributed by atoms with Crippen molar-refractivity contribution in [3.63, 3.8) is 0 Å². The van der Waals surface area contributed by atoms with Crippen LogP contribution >= 0.6 is 0 Å². The molecule has 3 atom stereocenters. The van der Waals surface area contributed by atoms with Gasteiger partial charge in [0.2, 0.25) is 12.7 Å². The number of hydrogen-bond acceptors (Lipinski definition) is 5. The van der Waals surface area contributed by atoms with Crippen molar-refractivity contribution in [2.75, 3.05) is 26.5 Å². The maximum Gasteiger partial charge on any atom is 0.254 e. The minimum atomic E-state index is -0.278. The lowest BCUT2D eigenvalue weighted by Gasteiger charge is -2.58. The quantitative estimate of drug-likeness (QED) is 0.634. The average Bonchev–Trinajstić information content (AvgIpc) is 3.33. The fourth-order valence-corrected chi connectivity index (χ4v) is 5.59. The number of amides is 2. The lowest BCUT2D eigenvalue weighted by atomic mass is 9.73. The number of carbonyl (C=O) groups is 2. The first kappa shape index (κ1) is 21.7. The van der Waals surface area contributed by atoms with E-state index in [9.17, 15) is 14.7 Å². The summed E-state index contributed by atoms with van der Waals surface area (Å²) in [5, 5.41) is 10.1. The maximum atomic E-state index is 13.3. The summed E-state index contributed by atoms with van der Waals surface area (Å²) in [5.41, 5.74) is 5.00.